The smallest absolute Gasteiger partial charge is 0.230 e. The molecule has 0 fully saturated rings. The molecule has 0 saturated heterocycles. The lowest BCUT2D eigenvalue weighted by Crippen LogP contribution is -2.27. The predicted octanol–water partition coefficient (Wildman–Crippen LogP) is 3.39. The van der Waals surface area contributed by atoms with Crippen molar-refractivity contribution in [3.8, 4) is 10.6 Å². The molecule has 0 aliphatic carbocycles. The highest BCUT2D eigenvalue weighted by Crippen LogP contribution is 2.26. The maximum atomic E-state index is 11.8. The molecule has 124 valence electrons. The van der Waals surface area contributed by atoms with Crippen LogP contribution in [0.15, 0.2) is 52.5 Å². The minimum Gasteiger partial charge on any atom is -0.355 e. The molecule has 3 heterocycles. The number of aromatic nitrogens is 2. The Hall–Kier alpha value is -2.12. The van der Waals surface area contributed by atoms with Crippen molar-refractivity contribution in [2.24, 2.45) is 0 Å². The van der Waals surface area contributed by atoms with Crippen molar-refractivity contribution < 1.29 is 9.32 Å². The summed E-state index contributed by atoms with van der Waals surface area (Å²) in [5.74, 6) is 1.87. The van der Waals surface area contributed by atoms with Gasteiger partial charge in [0.1, 0.15) is 0 Å². The van der Waals surface area contributed by atoms with Gasteiger partial charge in [0.05, 0.1) is 16.3 Å². The molecule has 1 N–H and O–H groups in total. The maximum absolute atomic E-state index is 11.8. The van der Waals surface area contributed by atoms with E-state index in [1.807, 2.05) is 41.8 Å². The molecule has 24 heavy (non-hydrogen) atoms. The average molecular weight is 359 g/mol. The molecule has 0 unspecified atom stereocenters. The average Bonchev–Trinajstić information content (AvgIpc) is 3.27. The Morgan fingerprint density at radius 1 is 1.25 bits per heavy atom. The Labute approximate surface area is 148 Å². The molecule has 3 aromatic rings. The third-order valence-electron chi connectivity index (χ3n) is 3.24. The number of hydrogen-bond donors (Lipinski definition) is 1. The first-order valence-corrected chi connectivity index (χ1v) is 9.58. The first-order chi connectivity index (χ1) is 11.8. The van der Waals surface area contributed by atoms with E-state index in [4.69, 9.17) is 4.52 Å². The van der Waals surface area contributed by atoms with Gasteiger partial charge in [-0.15, -0.1) is 23.1 Å². The monoisotopic (exact) mass is 359 g/mol. The molecule has 0 bridgehead atoms. The molecule has 3 rings (SSSR count). The van der Waals surface area contributed by atoms with Crippen LogP contribution in [0.2, 0.25) is 0 Å². The fourth-order valence-corrected chi connectivity index (χ4v) is 3.50. The second kappa shape index (κ2) is 8.65. The van der Waals surface area contributed by atoms with Crippen molar-refractivity contribution >= 4 is 29.0 Å². The van der Waals surface area contributed by atoms with Gasteiger partial charge in [-0.3, -0.25) is 9.78 Å². The summed E-state index contributed by atoms with van der Waals surface area (Å²) < 4.78 is 5.32. The third kappa shape index (κ3) is 4.94. The van der Waals surface area contributed by atoms with Crippen LogP contribution in [0.1, 0.15) is 11.4 Å². The molecule has 0 spiro atoms. The van der Waals surface area contributed by atoms with E-state index in [-0.39, 0.29) is 5.91 Å². The zero-order chi connectivity index (χ0) is 16.6. The predicted molar refractivity (Wildman–Crippen MR) is 96.9 cm³/mol. The van der Waals surface area contributed by atoms with Crippen LogP contribution in [-0.4, -0.2) is 28.3 Å². The Balaban J connectivity index is 1.35. The lowest BCUT2D eigenvalue weighted by Gasteiger charge is -2.04. The molecule has 0 aliphatic heterocycles. The van der Waals surface area contributed by atoms with Crippen molar-refractivity contribution in [2.45, 2.75) is 12.2 Å². The van der Waals surface area contributed by atoms with E-state index in [1.54, 1.807) is 17.5 Å². The van der Waals surface area contributed by atoms with E-state index in [0.29, 0.717) is 18.1 Å². The van der Waals surface area contributed by atoms with Gasteiger partial charge < -0.3 is 9.84 Å². The SMILES string of the molecule is O=C(CSCc1cc(-c2cccs2)on1)NCCc1ccccn1. The van der Waals surface area contributed by atoms with E-state index in [1.165, 1.54) is 11.8 Å². The number of hydrogen-bond acceptors (Lipinski definition) is 6. The van der Waals surface area contributed by atoms with Gasteiger partial charge in [0.25, 0.3) is 0 Å². The maximum Gasteiger partial charge on any atom is 0.230 e. The van der Waals surface area contributed by atoms with Crippen LogP contribution in [0.3, 0.4) is 0 Å². The second-order valence-electron chi connectivity index (χ2n) is 5.07. The summed E-state index contributed by atoms with van der Waals surface area (Å²) in [6, 6.07) is 11.7. The molecular weight excluding hydrogens is 342 g/mol. The van der Waals surface area contributed by atoms with Gasteiger partial charge in [0, 0.05) is 36.7 Å². The summed E-state index contributed by atoms with van der Waals surface area (Å²) in [6.07, 6.45) is 2.50. The van der Waals surface area contributed by atoms with Crippen LogP contribution < -0.4 is 5.32 Å². The molecule has 1 amide bonds. The minimum atomic E-state index is 0.0258. The number of thioether (sulfide) groups is 1. The Bertz CT molecular complexity index is 757. The number of carbonyl (C=O) groups is 1. The molecule has 0 aromatic carbocycles. The number of nitrogens with zero attached hydrogens (tertiary/aromatic N) is 2. The number of rotatable bonds is 8. The molecule has 0 aliphatic rings. The van der Waals surface area contributed by atoms with Gasteiger partial charge in [-0.05, 0) is 23.6 Å². The van der Waals surface area contributed by atoms with E-state index >= 15 is 0 Å². The van der Waals surface area contributed by atoms with Crippen molar-refractivity contribution in [1.82, 2.24) is 15.5 Å². The van der Waals surface area contributed by atoms with Crippen LogP contribution in [0, 0.1) is 0 Å². The zero-order valence-electron chi connectivity index (χ0n) is 13.0. The lowest BCUT2D eigenvalue weighted by molar-refractivity contribution is -0.118. The molecular formula is C17H17N3O2S2. The fourth-order valence-electron chi connectivity index (χ4n) is 2.09. The Kier molecular flexibility index (Phi) is 6.03. The Morgan fingerprint density at radius 3 is 3.00 bits per heavy atom. The number of pyridine rings is 1. The summed E-state index contributed by atoms with van der Waals surface area (Å²) >= 11 is 3.14. The van der Waals surface area contributed by atoms with Crippen LogP contribution in [-0.2, 0) is 17.0 Å². The van der Waals surface area contributed by atoms with Crippen LogP contribution in [0.4, 0.5) is 0 Å². The summed E-state index contributed by atoms with van der Waals surface area (Å²) in [6.45, 7) is 0.600. The number of nitrogens with one attached hydrogen (secondary N) is 1. The van der Waals surface area contributed by atoms with Gasteiger partial charge in [-0.25, -0.2) is 0 Å². The first kappa shape index (κ1) is 16.7. The van der Waals surface area contributed by atoms with Gasteiger partial charge in [0.15, 0.2) is 5.76 Å². The summed E-state index contributed by atoms with van der Waals surface area (Å²) in [7, 11) is 0. The Morgan fingerprint density at radius 2 is 2.21 bits per heavy atom. The molecule has 0 saturated carbocycles. The standard InChI is InChI=1S/C17H17N3O2S2/c21-17(19-8-6-13-4-1-2-7-18-13)12-23-11-14-10-15(22-20-14)16-5-3-9-24-16/h1-5,7,9-10H,6,8,11-12H2,(H,19,21). The van der Waals surface area contributed by atoms with Crippen molar-refractivity contribution in [3.63, 3.8) is 0 Å². The highest BCUT2D eigenvalue weighted by Gasteiger charge is 2.08. The van der Waals surface area contributed by atoms with Gasteiger partial charge in [0.2, 0.25) is 5.91 Å². The summed E-state index contributed by atoms with van der Waals surface area (Å²) in [5.41, 5.74) is 1.83. The summed E-state index contributed by atoms with van der Waals surface area (Å²) in [5, 5.41) is 8.95. The molecule has 5 nitrogen and oxygen atoms in total. The van der Waals surface area contributed by atoms with Gasteiger partial charge in [-0.2, -0.15) is 0 Å². The van der Waals surface area contributed by atoms with E-state index in [9.17, 15) is 4.79 Å². The highest BCUT2D eigenvalue weighted by molar-refractivity contribution is 7.99. The first-order valence-electron chi connectivity index (χ1n) is 7.55. The van der Waals surface area contributed by atoms with Crippen LogP contribution in [0.25, 0.3) is 10.6 Å². The normalized spacial score (nSPS) is 10.7. The fraction of sp³-hybridized carbons (Fsp3) is 0.235. The van der Waals surface area contributed by atoms with E-state index in [2.05, 4.69) is 15.5 Å². The van der Waals surface area contributed by atoms with E-state index < -0.39 is 0 Å². The summed E-state index contributed by atoms with van der Waals surface area (Å²) in [4.78, 5) is 17.1. The largest absolute Gasteiger partial charge is 0.355 e. The number of carbonyl (C=O) groups excluding carboxylic acids is 1. The topological polar surface area (TPSA) is 68.0 Å². The van der Waals surface area contributed by atoms with Crippen LogP contribution in [0.5, 0.6) is 0 Å². The van der Waals surface area contributed by atoms with E-state index in [0.717, 1.165) is 28.4 Å². The third-order valence-corrected chi connectivity index (χ3v) is 5.09. The molecule has 0 atom stereocenters. The minimum absolute atomic E-state index is 0.0258. The van der Waals surface area contributed by atoms with Gasteiger partial charge >= 0.3 is 0 Å². The second-order valence-corrected chi connectivity index (χ2v) is 7.01. The van der Waals surface area contributed by atoms with Gasteiger partial charge in [-0.1, -0.05) is 17.3 Å². The van der Waals surface area contributed by atoms with Crippen molar-refractivity contribution in [2.75, 3.05) is 12.3 Å². The highest BCUT2D eigenvalue weighted by atomic mass is 32.2. The lowest BCUT2D eigenvalue weighted by atomic mass is 10.3. The van der Waals surface area contributed by atoms with Crippen LogP contribution >= 0.6 is 23.1 Å². The molecule has 7 heteroatoms. The molecule has 0 radical (unpaired) electrons. The van der Waals surface area contributed by atoms with Crippen molar-refractivity contribution in [3.05, 3.63) is 59.4 Å². The quantitative estimate of drug-likeness (QED) is 0.668. The number of amides is 1. The molecule has 3 aromatic heterocycles. The number of thiophene rings is 1. The van der Waals surface area contributed by atoms with Crippen molar-refractivity contribution in [1.29, 1.82) is 0 Å². The zero-order valence-corrected chi connectivity index (χ0v) is 14.6.